The minimum atomic E-state index is -0.507. The van der Waals surface area contributed by atoms with Gasteiger partial charge in [-0.2, -0.15) is 0 Å². The Morgan fingerprint density at radius 3 is 2.95 bits per heavy atom. The predicted molar refractivity (Wildman–Crippen MR) is 82.8 cm³/mol. The highest BCUT2D eigenvalue weighted by molar-refractivity contribution is 6.35. The van der Waals surface area contributed by atoms with Gasteiger partial charge in [-0.15, -0.1) is 0 Å². The third-order valence-electron chi connectivity index (χ3n) is 3.54. The minimum absolute atomic E-state index is 0.242. The fourth-order valence-electron chi connectivity index (χ4n) is 2.58. The molecule has 1 fully saturated rings. The molecular weight excluding hydrogens is 297 g/mol. The van der Waals surface area contributed by atoms with Gasteiger partial charge in [0.25, 0.3) is 0 Å². The summed E-state index contributed by atoms with van der Waals surface area (Å²) in [4.78, 5) is 2.30. The van der Waals surface area contributed by atoms with Crippen molar-refractivity contribution in [2.24, 2.45) is 5.92 Å². The molecule has 1 saturated heterocycles. The molecule has 112 valence electrons. The molecule has 1 aromatic rings. The first-order chi connectivity index (χ1) is 9.54. The first kappa shape index (κ1) is 15.9. The fourth-order valence-corrected chi connectivity index (χ4v) is 3.04. The summed E-state index contributed by atoms with van der Waals surface area (Å²) >= 11 is 11.8. The molecule has 1 heterocycles. The summed E-state index contributed by atoms with van der Waals surface area (Å²) in [5.74, 6) is 1.27. The third-order valence-corrected chi connectivity index (χ3v) is 4.07. The lowest BCUT2D eigenvalue weighted by Gasteiger charge is -2.32. The number of piperidine rings is 1. The van der Waals surface area contributed by atoms with Crippen molar-refractivity contribution in [3.05, 3.63) is 28.2 Å². The number of rotatable bonds is 5. The van der Waals surface area contributed by atoms with Gasteiger partial charge in [0.1, 0.15) is 18.5 Å². The number of likely N-dealkylation sites (tertiary alicyclic amines) is 1. The van der Waals surface area contributed by atoms with E-state index >= 15 is 0 Å². The van der Waals surface area contributed by atoms with Gasteiger partial charge in [0.15, 0.2) is 0 Å². The second-order valence-corrected chi connectivity index (χ2v) is 6.39. The molecule has 3 nitrogen and oxygen atoms in total. The van der Waals surface area contributed by atoms with Crippen molar-refractivity contribution < 1.29 is 9.84 Å². The number of benzene rings is 1. The highest BCUT2D eigenvalue weighted by atomic mass is 35.5. The van der Waals surface area contributed by atoms with E-state index in [1.54, 1.807) is 18.2 Å². The molecule has 0 aromatic heterocycles. The van der Waals surface area contributed by atoms with E-state index in [2.05, 4.69) is 11.8 Å². The summed E-state index contributed by atoms with van der Waals surface area (Å²) < 4.78 is 5.55. The summed E-state index contributed by atoms with van der Waals surface area (Å²) in [6, 6.07) is 5.08. The summed E-state index contributed by atoms with van der Waals surface area (Å²) in [7, 11) is 0. The average Bonchev–Trinajstić information content (AvgIpc) is 2.37. The Balaban J connectivity index is 1.78. The second-order valence-electron chi connectivity index (χ2n) is 5.55. The SMILES string of the molecule is C[C@@H]1CCCN(C[C@H](O)COc2ccc(Cl)cc2Cl)C1. The number of aliphatic hydroxyl groups excluding tert-OH is 1. The Labute approximate surface area is 130 Å². The van der Waals surface area contributed by atoms with Gasteiger partial charge in [0.05, 0.1) is 5.02 Å². The van der Waals surface area contributed by atoms with Crippen LogP contribution in [0.1, 0.15) is 19.8 Å². The summed E-state index contributed by atoms with van der Waals surface area (Å²) in [6.07, 6.45) is 1.98. The molecule has 1 N–H and O–H groups in total. The molecule has 0 unspecified atom stereocenters. The van der Waals surface area contributed by atoms with E-state index in [9.17, 15) is 5.11 Å². The summed E-state index contributed by atoms with van der Waals surface area (Å²) in [5, 5.41) is 11.1. The molecule has 1 aliphatic rings. The van der Waals surface area contributed by atoms with E-state index < -0.39 is 6.10 Å². The van der Waals surface area contributed by atoms with Crippen LogP contribution in [0.5, 0.6) is 5.75 Å². The molecule has 0 amide bonds. The monoisotopic (exact) mass is 317 g/mol. The number of halogens is 2. The van der Waals surface area contributed by atoms with Crippen LogP contribution in [-0.4, -0.2) is 42.4 Å². The molecule has 2 rings (SSSR count). The van der Waals surface area contributed by atoms with Gasteiger partial charge >= 0.3 is 0 Å². The molecular formula is C15H21Cl2NO2. The van der Waals surface area contributed by atoms with Gasteiger partial charge in [-0.3, -0.25) is 0 Å². The molecule has 5 heteroatoms. The lowest BCUT2D eigenvalue weighted by molar-refractivity contribution is 0.0537. The van der Waals surface area contributed by atoms with E-state index in [0.717, 1.165) is 13.1 Å². The number of ether oxygens (including phenoxy) is 1. The van der Waals surface area contributed by atoms with Crippen molar-refractivity contribution in [1.29, 1.82) is 0 Å². The van der Waals surface area contributed by atoms with Crippen molar-refractivity contribution in [2.45, 2.75) is 25.9 Å². The van der Waals surface area contributed by atoms with Crippen LogP contribution in [0.2, 0.25) is 10.0 Å². The third kappa shape index (κ3) is 4.81. The molecule has 0 bridgehead atoms. The number of hydrogen-bond donors (Lipinski definition) is 1. The lowest BCUT2D eigenvalue weighted by atomic mass is 10.0. The van der Waals surface area contributed by atoms with Crippen molar-refractivity contribution in [2.75, 3.05) is 26.2 Å². The molecule has 0 aliphatic carbocycles. The van der Waals surface area contributed by atoms with Gasteiger partial charge in [-0.1, -0.05) is 30.1 Å². The molecule has 1 aromatic carbocycles. The van der Waals surface area contributed by atoms with Crippen LogP contribution in [0.25, 0.3) is 0 Å². The molecule has 1 aliphatic heterocycles. The average molecular weight is 318 g/mol. The maximum absolute atomic E-state index is 10.1. The standard InChI is InChI=1S/C15H21Cl2NO2/c1-11-3-2-6-18(8-11)9-13(19)10-20-15-5-4-12(16)7-14(15)17/h4-5,7,11,13,19H,2-3,6,8-10H2,1H3/t11-,13+/m1/s1. The van der Waals surface area contributed by atoms with Crippen molar-refractivity contribution in [3.8, 4) is 5.75 Å². The van der Waals surface area contributed by atoms with Gasteiger partial charge in [-0.05, 0) is 43.5 Å². The highest BCUT2D eigenvalue weighted by Gasteiger charge is 2.19. The Morgan fingerprint density at radius 2 is 2.25 bits per heavy atom. The van der Waals surface area contributed by atoms with Gasteiger partial charge in [0.2, 0.25) is 0 Å². The van der Waals surface area contributed by atoms with E-state index in [0.29, 0.717) is 28.3 Å². The normalized spacial score (nSPS) is 21.7. The lowest BCUT2D eigenvalue weighted by Crippen LogP contribution is -2.41. The Kier molecular flexibility index (Phi) is 5.97. The van der Waals surface area contributed by atoms with Gasteiger partial charge in [-0.25, -0.2) is 0 Å². The largest absolute Gasteiger partial charge is 0.489 e. The van der Waals surface area contributed by atoms with Crippen LogP contribution < -0.4 is 4.74 Å². The van der Waals surface area contributed by atoms with Crippen LogP contribution in [0.4, 0.5) is 0 Å². The summed E-state index contributed by atoms with van der Waals surface area (Å²) in [5.41, 5.74) is 0. The fraction of sp³-hybridized carbons (Fsp3) is 0.600. The summed E-state index contributed by atoms with van der Waals surface area (Å²) in [6.45, 7) is 5.26. The van der Waals surface area contributed by atoms with Crippen LogP contribution in [0, 0.1) is 5.92 Å². The van der Waals surface area contributed by atoms with Crippen LogP contribution in [0.15, 0.2) is 18.2 Å². The maximum Gasteiger partial charge on any atom is 0.138 e. The van der Waals surface area contributed by atoms with E-state index in [-0.39, 0.29) is 6.61 Å². The van der Waals surface area contributed by atoms with Crippen molar-refractivity contribution in [3.63, 3.8) is 0 Å². The Bertz CT molecular complexity index is 442. The first-order valence-electron chi connectivity index (χ1n) is 7.03. The Morgan fingerprint density at radius 1 is 1.45 bits per heavy atom. The van der Waals surface area contributed by atoms with Crippen LogP contribution in [-0.2, 0) is 0 Å². The number of nitrogens with zero attached hydrogens (tertiary/aromatic N) is 1. The highest BCUT2D eigenvalue weighted by Crippen LogP contribution is 2.27. The van der Waals surface area contributed by atoms with Gasteiger partial charge < -0.3 is 14.7 Å². The van der Waals surface area contributed by atoms with Crippen LogP contribution >= 0.6 is 23.2 Å². The van der Waals surface area contributed by atoms with E-state index in [1.165, 1.54) is 12.8 Å². The predicted octanol–water partition coefficient (Wildman–Crippen LogP) is 3.47. The number of hydrogen-bond acceptors (Lipinski definition) is 3. The van der Waals surface area contributed by atoms with Crippen LogP contribution in [0.3, 0.4) is 0 Å². The second kappa shape index (κ2) is 7.51. The minimum Gasteiger partial charge on any atom is -0.489 e. The molecule has 0 radical (unpaired) electrons. The molecule has 20 heavy (non-hydrogen) atoms. The van der Waals surface area contributed by atoms with E-state index in [1.807, 2.05) is 0 Å². The quantitative estimate of drug-likeness (QED) is 0.902. The Hall–Kier alpha value is -0.480. The zero-order valence-corrected chi connectivity index (χ0v) is 13.2. The topological polar surface area (TPSA) is 32.7 Å². The zero-order valence-electron chi connectivity index (χ0n) is 11.7. The number of β-amino-alcohol motifs (C(OH)–C–C–N with tert-alkyl or cyclic N) is 1. The van der Waals surface area contributed by atoms with Crippen molar-refractivity contribution >= 4 is 23.2 Å². The maximum atomic E-state index is 10.1. The molecule has 0 saturated carbocycles. The first-order valence-corrected chi connectivity index (χ1v) is 7.78. The number of aliphatic hydroxyl groups is 1. The molecule has 0 spiro atoms. The van der Waals surface area contributed by atoms with Crippen molar-refractivity contribution in [1.82, 2.24) is 4.90 Å². The van der Waals surface area contributed by atoms with E-state index in [4.69, 9.17) is 27.9 Å². The zero-order chi connectivity index (χ0) is 14.5. The van der Waals surface area contributed by atoms with Gasteiger partial charge in [0, 0.05) is 18.1 Å². The molecule has 2 atom stereocenters. The smallest absolute Gasteiger partial charge is 0.138 e.